The predicted molar refractivity (Wildman–Crippen MR) is 126 cm³/mol. The average Bonchev–Trinajstić information content (AvgIpc) is 2.69. The molecular formula is C25H39N3O3. The summed E-state index contributed by atoms with van der Waals surface area (Å²) in [5, 5.41) is 0.608. The molecular weight excluding hydrogens is 390 g/mol. The van der Waals surface area contributed by atoms with Crippen LogP contribution in [0.3, 0.4) is 0 Å². The van der Waals surface area contributed by atoms with Gasteiger partial charge in [0.2, 0.25) is 5.91 Å². The molecule has 6 heteroatoms. The van der Waals surface area contributed by atoms with Crippen LogP contribution in [-0.2, 0) is 16.1 Å². The second-order valence-electron chi connectivity index (χ2n) is 9.61. The first-order chi connectivity index (χ1) is 14.6. The SMILES string of the molecule is CCC(c1nc2ccccc2c(=O)n1CC)N(CCOC)C(=O)CC(C)CC(C)(C)C. The zero-order valence-electron chi connectivity index (χ0n) is 20.3. The molecule has 0 saturated carbocycles. The Kier molecular flexibility index (Phi) is 8.80. The molecule has 6 nitrogen and oxygen atoms in total. The Bertz CT molecular complexity index is 930. The number of carbonyl (C=O) groups excluding carboxylic acids is 1. The smallest absolute Gasteiger partial charge is 0.261 e. The van der Waals surface area contributed by atoms with E-state index in [9.17, 15) is 9.59 Å². The highest BCUT2D eigenvalue weighted by molar-refractivity contribution is 5.78. The number of fused-ring (bicyclic) bond motifs is 1. The first kappa shape index (κ1) is 25.1. The van der Waals surface area contributed by atoms with E-state index in [-0.39, 0.29) is 28.8 Å². The van der Waals surface area contributed by atoms with Crippen LogP contribution >= 0.6 is 0 Å². The third kappa shape index (κ3) is 6.39. The van der Waals surface area contributed by atoms with Crippen molar-refractivity contribution in [3.8, 4) is 0 Å². The van der Waals surface area contributed by atoms with E-state index in [0.29, 0.717) is 49.3 Å². The van der Waals surface area contributed by atoms with E-state index in [1.807, 2.05) is 43.0 Å². The summed E-state index contributed by atoms with van der Waals surface area (Å²) in [7, 11) is 1.64. The molecule has 31 heavy (non-hydrogen) atoms. The Morgan fingerprint density at radius 2 is 1.90 bits per heavy atom. The van der Waals surface area contributed by atoms with Crippen molar-refractivity contribution in [1.29, 1.82) is 0 Å². The molecule has 172 valence electrons. The van der Waals surface area contributed by atoms with Crippen molar-refractivity contribution in [2.45, 2.75) is 73.4 Å². The summed E-state index contributed by atoms with van der Waals surface area (Å²) >= 11 is 0. The van der Waals surface area contributed by atoms with Crippen molar-refractivity contribution in [2.75, 3.05) is 20.3 Å². The molecule has 0 saturated heterocycles. The van der Waals surface area contributed by atoms with Gasteiger partial charge in [0.1, 0.15) is 5.82 Å². The fraction of sp³-hybridized carbons (Fsp3) is 0.640. The summed E-state index contributed by atoms with van der Waals surface area (Å²) in [4.78, 5) is 33.3. The highest BCUT2D eigenvalue weighted by Gasteiger charge is 2.29. The second kappa shape index (κ2) is 10.9. The van der Waals surface area contributed by atoms with Crippen molar-refractivity contribution in [3.63, 3.8) is 0 Å². The van der Waals surface area contributed by atoms with Crippen LogP contribution in [0.1, 0.15) is 72.7 Å². The molecule has 0 aliphatic carbocycles. The zero-order chi connectivity index (χ0) is 23.2. The molecule has 1 heterocycles. The minimum Gasteiger partial charge on any atom is -0.383 e. The van der Waals surface area contributed by atoms with E-state index >= 15 is 0 Å². The monoisotopic (exact) mass is 429 g/mol. The van der Waals surface area contributed by atoms with E-state index in [0.717, 1.165) is 6.42 Å². The average molecular weight is 430 g/mol. The van der Waals surface area contributed by atoms with Gasteiger partial charge >= 0.3 is 0 Å². The molecule has 0 aliphatic rings. The standard InChI is InChI=1S/C25H39N3O3/c1-8-21(23-26-20-13-11-10-12-19(20)24(30)27(23)9-2)28(14-15-31-7)22(29)16-18(3)17-25(4,5)6/h10-13,18,21H,8-9,14-17H2,1-7H3. The minimum atomic E-state index is -0.276. The van der Waals surface area contributed by atoms with Gasteiger partial charge in [0, 0.05) is 26.6 Å². The van der Waals surface area contributed by atoms with Crippen molar-refractivity contribution in [3.05, 3.63) is 40.4 Å². The summed E-state index contributed by atoms with van der Waals surface area (Å²) in [6.07, 6.45) is 2.12. The summed E-state index contributed by atoms with van der Waals surface area (Å²) in [6, 6.07) is 7.14. The fourth-order valence-electron chi connectivity index (χ4n) is 4.46. The summed E-state index contributed by atoms with van der Waals surface area (Å²) in [6.45, 7) is 14.1. The molecule has 2 unspecified atom stereocenters. The van der Waals surface area contributed by atoms with E-state index in [1.165, 1.54) is 0 Å². The van der Waals surface area contributed by atoms with Gasteiger partial charge in [-0.25, -0.2) is 4.98 Å². The number of aromatic nitrogens is 2. The number of para-hydroxylation sites is 1. The number of rotatable bonds is 10. The molecule has 0 spiro atoms. The largest absolute Gasteiger partial charge is 0.383 e. The van der Waals surface area contributed by atoms with Crippen LogP contribution in [-0.4, -0.2) is 40.6 Å². The summed E-state index contributed by atoms with van der Waals surface area (Å²) < 4.78 is 7.02. The quantitative estimate of drug-likeness (QED) is 0.544. The summed E-state index contributed by atoms with van der Waals surface area (Å²) in [5.74, 6) is 1.01. The Morgan fingerprint density at radius 3 is 2.48 bits per heavy atom. The Hall–Kier alpha value is -2.21. The van der Waals surface area contributed by atoms with Gasteiger partial charge in [0.15, 0.2) is 0 Å². The van der Waals surface area contributed by atoms with Gasteiger partial charge in [-0.05, 0) is 43.2 Å². The molecule has 2 rings (SSSR count). The number of amides is 1. The second-order valence-corrected chi connectivity index (χ2v) is 9.61. The number of ether oxygens (including phenoxy) is 1. The molecule has 0 aliphatic heterocycles. The van der Waals surface area contributed by atoms with Crippen molar-refractivity contribution >= 4 is 16.8 Å². The zero-order valence-corrected chi connectivity index (χ0v) is 20.3. The Morgan fingerprint density at radius 1 is 1.23 bits per heavy atom. The van der Waals surface area contributed by atoms with Crippen molar-refractivity contribution < 1.29 is 9.53 Å². The Balaban J connectivity index is 2.47. The third-order valence-corrected chi connectivity index (χ3v) is 5.61. The first-order valence-electron chi connectivity index (χ1n) is 11.4. The maximum absolute atomic E-state index is 13.4. The first-order valence-corrected chi connectivity index (χ1v) is 11.4. The molecule has 0 bridgehead atoms. The number of hydrogen-bond acceptors (Lipinski definition) is 4. The maximum Gasteiger partial charge on any atom is 0.261 e. The maximum atomic E-state index is 13.4. The van der Waals surface area contributed by atoms with Gasteiger partial charge in [0.05, 0.1) is 23.6 Å². The lowest BCUT2D eigenvalue weighted by atomic mass is 9.84. The van der Waals surface area contributed by atoms with Crippen LogP contribution < -0.4 is 5.56 Å². The van der Waals surface area contributed by atoms with Crippen LogP contribution in [0.4, 0.5) is 0 Å². The van der Waals surface area contributed by atoms with Crippen LogP contribution in [0.5, 0.6) is 0 Å². The van der Waals surface area contributed by atoms with Crippen LogP contribution in [0, 0.1) is 11.3 Å². The number of benzene rings is 1. The molecule has 0 N–H and O–H groups in total. The number of hydrogen-bond donors (Lipinski definition) is 0. The van der Waals surface area contributed by atoms with Gasteiger partial charge in [-0.1, -0.05) is 46.8 Å². The van der Waals surface area contributed by atoms with Gasteiger partial charge in [-0.3, -0.25) is 14.2 Å². The van der Waals surface area contributed by atoms with Crippen LogP contribution in [0.2, 0.25) is 0 Å². The normalized spacial score (nSPS) is 13.9. The molecule has 1 aromatic heterocycles. The molecule has 1 amide bonds. The highest BCUT2D eigenvalue weighted by Crippen LogP contribution is 2.29. The van der Waals surface area contributed by atoms with Gasteiger partial charge in [-0.2, -0.15) is 0 Å². The molecule has 0 radical (unpaired) electrons. The lowest BCUT2D eigenvalue weighted by Gasteiger charge is -2.33. The lowest BCUT2D eigenvalue weighted by Crippen LogP contribution is -2.41. The minimum absolute atomic E-state index is 0.0539. The van der Waals surface area contributed by atoms with Gasteiger partial charge in [0.25, 0.3) is 5.56 Å². The van der Waals surface area contributed by atoms with Crippen molar-refractivity contribution in [1.82, 2.24) is 14.5 Å². The summed E-state index contributed by atoms with van der Waals surface area (Å²) in [5.41, 5.74) is 0.789. The van der Waals surface area contributed by atoms with Gasteiger partial charge in [-0.15, -0.1) is 0 Å². The Labute approximate surface area is 186 Å². The fourth-order valence-corrected chi connectivity index (χ4v) is 4.46. The molecule has 1 aromatic carbocycles. The van der Waals surface area contributed by atoms with Crippen LogP contribution in [0.15, 0.2) is 29.1 Å². The van der Waals surface area contributed by atoms with Crippen LogP contribution in [0.25, 0.3) is 10.9 Å². The molecule has 2 atom stereocenters. The highest BCUT2D eigenvalue weighted by atomic mass is 16.5. The lowest BCUT2D eigenvalue weighted by molar-refractivity contribution is -0.136. The molecule has 2 aromatic rings. The topological polar surface area (TPSA) is 64.4 Å². The third-order valence-electron chi connectivity index (χ3n) is 5.61. The van der Waals surface area contributed by atoms with E-state index in [1.54, 1.807) is 11.7 Å². The molecule has 0 fully saturated rings. The van der Waals surface area contributed by atoms with Gasteiger partial charge < -0.3 is 9.64 Å². The predicted octanol–water partition coefficient (Wildman–Crippen LogP) is 4.80. The van der Waals surface area contributed by atoms with E-state index < -0.39 is 0 Å². The van der Waals surface area contributed by atoms with E-state index in [2.05, 4.69) is 27.7 Å². The van der Waals surface area contributed by atoms with Crippen molar-refractivity contribution in [2.24, 2.45) is 11.3 Å². The van der Waals surface area contributed by atoms with E-state index in [4.69, 9.17) is 9.72 Å². The number of nitrogens with zero attached hydrogens (tertiary/aromatic N) is 3. The number of carbonyl (C=O) groups is 1. The number of methoxy groups -OCH3 is 1.